The van der Waals surface area contributed by atoms with Crippen molar-refractivity contribution in [2.45, 2.75) is 13.1 Å². The Morgan fingerprint density at radius 1 is 1.32 bits per heavy atom. The van der Waals surface area contributed by atoms with Crippen molar-refractivity contribution in [3.63, 3.8) is 0 Å². The van der Waals surface area contributed by atoms with Gasteiger partial charge in [0.25, 0.3) is 0 Å². The Kier molecular flexibility index (Phi) is 4.60. The third kappa shape index (κ3) is 3.51. The molecule has 0 atom stereocenters. The van der Waals surface area contributed by atoms with Crippen LogP contribution in [0.1, 0.15) is 12.5 Å². The molecule has 2 rings (SSSR count). The Morgan fingerprint density at radius 2 is 2.05 bits per heavy atom. The van der Waals surface area contributed by atoms with Crippen LogP contribution in [-0.2, 0) is 6.18 Å². The minimum Gasteiger partial charge on any atom is -0.476 e. The molecule has 1 aromatic heterocycles. The van der Waals surface area contributed by atoms with Gasteiger partial charge in [-0.25, -0.2) is 4.98 Å². The minimum absolute atomic E-state index is 0.0318. The minimum atomic E-state index is -4.48. The number of nitrogens with two attached hydrogens (primary N) is 1. The second-order valence-corrected chi connectivity index (χ2v) is 4.60. The highest BCUT2D eigenvalue weighted by Crippen LogP contribution is 2.36. The summed E-state index contributed by atoms with van der Waals surface area (Å²) in [6, 6.07) is 2.92. The number of anilines is 3. The van der Waals surface area contributed by atoms with Gasteiger partial charge in [-0.15, -0.1) is 0 Å². The smallest absolute Gasteiger partial charge is 0.416 e. The Balaban J connectivity index is 2.37. The van der Waals surface area contributed by atoms with Gasteiger partial charge in [-0.1, -0.05) is 11.6 Å². The Hall–Kier alpha value is -2.22. The number of nitrogen functional groups attached to an aromatic ring is 1. The summed E-state index contributed by atoms with van der Waals surface area (Å²) in [5.74, 6) is 0.253. The molecular weight excluding hydrogens is 321 g/mol. The molecule has 3 N–H and O–H groups in total. The number of aromatic nitrogens is 2. The summed E-state index contributed by atoms with van der Waals surface area (Å²) in [5, 5.41) is 2.76. The van der Waals surface area contributed by atoms with E-state index in [1.54, 1.807) is 6.92 Å². The number of halogens is 4. The first-order chi connectivity index (χ1) is 10.3. The molecule has 0 unspecified atom stereocenters. The van der Waals surface area contributed by atoms with Gasteiger partial charge in [0.15, 0.2) is 5.82 Å². The first kappa shape index (κ1) is 16.2. The monoisotopic (exact) mass is 332 g/mol. The van der Waals surface area contributed by atoms with Gasteiger partial charge in [0.1, 0.15) is 12.0 Å². The molecule has 2 aromatic rings. The van der Waals surface area contributed by atoms with E-state index in [4.69, 9.17) is 22.1 Å². The van der Waals surface area contributed by atoms with E-state index < -0.39 is 11.7 Å². The fourth-order valence-corrected chi connectivity index (χ4v) is 1.82. The van der Waals surface area contributed by atoms with Gasteiger partial charge in [0, 0.05) is 0 Å². The molecular formula is C13H12ClF3N4O. The maximum atomic E-state index is 12.7. The van der Waals surface area contributed by atoms with Crippen molar-refractivity contribution in [2.75, 3.05) is 17.7 Å². The highest BCUT2D eigenvalue weighted by molar-refractivity contribution is 6.33. The van der Waals surface area contributed by atoms with Gasteiger partial charge in [-0.3, -0.25) is 0 Å². The van der Waals surface area contributed by atoms with Crippen molar-refractivity contribution in [2.24, 2.45) is 0 Å². The average molecular weight is 333 g/mol. The molecule has 9 heteroatoms. The maximum absolute atomic E-state index is 12.7. The molecule has 0 saturated heterocycles. The number of hydrogen-bond acceptors (Lipinski definition) is 5. The van der Waals surface area contributed by atoms with E-state index in [2.05, 4.69) is 15.3 Å². The van der Waals surface area contributed by atoms with E-state index in [1.165, 1.54) is 6.33 Å². The highest BCUT2D eigenvalue weighted by Gasteiger charge is 2.31. The van der Waals surface area contributed by atoms with Crippen LogP contribution in [0.2, 0.25) is 5.02 Å². The summed E-state index contributed by atoms with van der Waals surface area (Å²) in [6.07, 6.45) is -3.29. The van der Waals surface area contributed by atoms with Gasteiger partial charge in [-0.2, -0.15) is 18.2 Å². The largest absolute Gasteiger partial charge is 0.476 e. The zero-order valence-electron chi connectivity index (χ0n) is 11.4. The summed E-state index contributed by atoms with van der Waals surface area (Å²) in [5.41, 5.74) is 5.09. The number of alkyl halides is 3. The molecule has 0 amide bonds. The van der Waals surface area contributed by atoms with Crippen LogP contribution in [0.5, 0.6) is 5.88 Å². The average Bonchev–Trinajstić information content (AvgIpc) is 2.44. The molecule has 0 aliphatic heterocycles. The van der Waals surface area contributed by atoms with Crippen LogP contribution in [0.4, 0.5) is 30.4 Å². The van der Waals surface area contributed by atoms with E-state index in [-0.39, 0.29) is 28.1 Å². The number of nitrogens with zero attached hydrogens (tertiary/aromatic N) is 2. The molecule has 5 nitrogen and oxygen atoms in total. The van der Waals surface area contributed by atoms with Crippen molar-refractivity contribution in [1.82, 2.24) is 9.97 Å². The van der Waals surface area contributed by atoms with Crippen LogP contribution in [0.3, 0.4) is 0 Å². The lowest BCUT2D eigenvalue weighted by Gasteiger charge is -2.14. The fraction of sp³-hybridized carbons (Fsp3) is 0.231. The molecule has 1 aromatic carbocycles. The Labute approximate surface area is 129 Å². The predicted octanol–water partition coefficient (Wildman–Crippen LogP) is 3.87. The van der Waals surface area contributed by atoms with Crippen molar-refractivity contribution in [3.05, 3.63) is 35.1 Å². The predicted molar refractivity (Wildman–Crippen MR) is 77.4 cm³/mol. The highest BCUT2D eigenvalue weighted by atomic mass is 35.5. The van der Waals surface area contributed by atoms with Gasteiger partial charge in [0.05, 0.1) is 22.9 Å². The number of hydrogen-bond donors (Lipinski definition) is 2. The van der Waals surface area contributed by atoms with Crippen LogP contribution in [0.15, 0.2) is 24.5 Å². The number of rotatable bonds is 4. The summed E-state index contributed by atoms with van der Waals surface area (Å²) in [6.45, 7) is 2.09. The van der Waals surface area contributed by atoms with Gasteiger partial charge < -0.3 is 15.8 Å². The molecule has 0 aliphatic rings. The van der Waals surface area contributed by atoms with E-state index >= 15 is 0 Å². The van der Waals surface area contributed by atoms with Crippen LogP contribution >= 0.6 is 11.6 Å². The molecule has 0 radical (unpaired) electrons. The summed E-state index contributed by atoms with van der Waals surface area (Å²) in [7, 11) is 0. The van der Waals surface area contributed by atoms with E-state index in [0.29, 0.717) is 6.61 Å². The first-order valence-electron chi connectivity index (χ1n) is 6.20. The fourth-order valence-electron chi connectivity index (χ4n) is 1.66. The van der Waals surface area contributed by atoms with E-state index in [0.717, 1.165) is 18.2 Å². The van der Waals surface area contributed by atoms with Crippen LogP contribution in [-0.4, -0.2) is 16.6 Å². The van der Waals surface area contributed by atoms with Crippen LogP contribution in [0.25, 0.3) is 0 Å². The van der Waals surface area contributed by atoms with Crippen molar-refractivity contribution < 1.29 is 17.9 Å². The van der Waals surface area contributed by atoms with Gasteiger partial charge in [0.2, 0.25) is 5.88 Å². The summed E-state index contributed by atoms with van der Waals surface area (Å²) in [4.78, 5) is 7.72. The van der Waals surface area contributed by atoms with Gasteiger partial charge in [-0.05, 0) is 25.1 Å². The van der Waals surface area contributed by atoms with Crippen molar-refractivity contribution >= 4 is 28.8 Å². The summed E-state index contributed by atoms with van der Waals surface area (Å²) >= 11 is 5.90. The number of benzene rings is 1. The molecule has 0 fully saturated rings. The lowest BCUT2D eigenvalue weighted by Crippen LogP contribution is -2.07. The second-order valence-electron chi connectivity index (χ2n) is 4.19. The Morgan fingerprint density at radius 3 is 2.68 bits per heavy atom. The third-order valence-corrected chi connectivity index (χ3v) is 3.00. The van der Waals surface area contributed by atoms with E-state index in [1.807, 2.05) is 0 Å². The SMILES string of the molecule is CCOc1ncnc(Nc2cc(C(F)(F)F)ccc2Cl)c1N. The molecule has 118 valence electrons. The lowest BCUT2D eigenvalue weighted by molar-refractivity contribution is -0.137. The molecule has 22 heavy (non-hydrogen) atoms. The standard InChI is InChI=1S/C13H12ClF3N4O/c1-2-22-12-10(18)11(19-6-20-12)21-9-5-7(13(15,16)17)3-4-8(9)14/h3-6H,2,18H2,1H3,(H,19,20,21). The molecule has 0 spiro atoms. The van der Waals surface area contributed by atoms with Crippen molar-refractivity contribution in [1.29, 1.82) is 0 Å². The normalized spacial score (nSPS) is 11.3. The Bertz CT molecular complexity index is 679. The molecule has 0 bridgehead atoms. The van der Waals surface area contributed by atoms with Crippen LogP contribution in [0, 0.1) is 0 Å². The topological polar surface area (TPSA) is 73.1 Å². The number of ether oxygens (including phenoxy) is 1. The van der Waals surface area contributed by atoms with Crippen molar-refractivity contribution in [3.8, 4) is 5.88 Å². The first-order valence-corrected chi connectivity index (χ1v) is 6.57. The zero-order valence-corrected chi connectivity index (χ0v) is 12.2. The van der Waals surface area contributed by atoms with Gasteiger partial charge >= 0.3 is 6.18 Å². The zero-order chi connectivity index (χ0) is 16.3. The molecule has 1 heterocycles. The number of nitrogens with one attached hydrogen (secondary N) is 1. The molecule has 0 saturated carbocycles. The molecule has 0 aliphatic carbocycles. The summed E-state index contributed by atoms with van der Waals surface area (Å²) < 4.78 is 43.4. The lowest BCUT2D eigenvalue weighted by atomic mass is 10.2. The maximum Gasteiger partial charge on any atom is 0.416 e. The second kappa shape index (κ2) is 6.27. The third-order valence-electron chi connectivity index (χ3n) is 2.68. The quantitative estimate of drug-likeness (QED) is 0.889. The van der Waals surface area contributed by atoms with E-state index in [9.17, 15) is 13.2 Å². The van der Waals surface area contributed by atoms with Crippen LogP contribution < -0.4 is 15.8 Å².